The zero-order valence-electron chi connectivity index (χ0n) is 12.0. The van der Waals surface area contributed by atoms with Gasteiger partial charge in [-0.25, -0.2) is 9.59 Å². The van der Waals surface area contributed by atoms with Crippen LogP contribution in [0.25, 0.3) is 0 Å². The molecule has 0 aliphatic carbocycles. The Morgan fingerprint density at radius 2 is 1.68 bits per heavy atom. The Hall–Kier alpha value is -1.28. The Labute approximate surface area is 138 Å². The number of halogens is 1. The van der Waals surface area contributed by atoms with Gasteiger partial charge in [-0.1, -0.05) is 11.6 Å². The maximum absolute atomic E-state index is 9.10. The molecule has 6 nitrogen and oxygen atoms in total. The van der Waals surface area contributed by atoms with Crippen molar-refractivity contribution in [3.8, 4) is 0 Å². The number of rotatable bonds is 4. The first-order valence-electron chi connectivity index (χ1n) is 6.76. The van der Waals surface area contributed by atoms with Crippen LogP contribution >= 0.6 is 23.4 Å². The number of nitrogens with zero attached hydrogens (tertiary/aromatic N) is 1. The van der Waals surface area contributed by atoms with Crippen LogP contribution in [-0.2, 0) is 9.59 Å². The summed E-state index contributed by atoms with van der Waals surface area (Å²) < 4.78 is 0. The van der Waals surface area contributed by atoms with Crippen LogP contribution in [-0.4, -0.2) is 65.5 Å². The van der Waals surface area contributed by atoms with Crippen molar-refractivity contribution >= 4 is 35.3 Å². The van der Waals surface area contributed by atoms with Crippen molar-refractivity contribution in [3.05, 3.63) is 29.3 Å². The van der Waals surface area contributed by atoms with E-state index < -0.39 is 11.9 Å². The zero-order chi connectivity index (χ0) is 16.4. The monoisotopic (exact) mass is 346 g/mol. The average Bonchev–Trinajstić information content (AvgIpc) is 2.51. The van der Waals surface area contributed by atoms with Gasteiger partial charge in [0.05, 0.1) is 0 Å². The molecule has 0 bridgehead atoms. The molecule has 1 aromatic carbocycles. The van der Waals surface area contributed by atoms with Crippen LogP contribution in [0.2, 0.25) is 5.02 Å². The third-order valence-electron chi connectivity index (χ3n) is 2.88. The van der Waals surface area contributed by atoms with Crippen LogP contribution in [0.1, 0.15) is 0 Å². The summed E-state index contributed by atoms with van der Waals surface area (Å²) in [6.45, 7) is 5.80. The third kappa shape index (κ3) is 8.23. The van der Waals surface area contributed by atoms with Crippen LogP contribution in [0.5, 0.6) is 0 Å². The standard InChI is InChI=1S/C12H17ClN2S.C2H2O4/c13-11-1-3-12(4-2-11)16-10-9-15-7-5-14-6-8-15;3-1(4)2(5)6/h1-4,14H,5-10H2;(H,3,4)(H,5,6). The molecule has 1 aliphatic rings. The summed E-state index contributed by atoms with van der Waals surface area (Å²) in [5.41, 5.74) is 0. The van der Waals surface area contributed by atoms with Gasteiger partial charge in [-0.15, -0.1) is 11.8 Å². The molecule has 0 radical (unpaired) electrons. The number of nitrogens with one attached hydrogen (secondary N) is 1. The Balaban J connectivity index is 0.000000346. The molecule has 22 heavy (non-hydrogen) atoms. The summed E-state index contributed by atoms with van der Waals surface area (Å²) in [5.74, 6) is -2.49. The molecule has 2 rings (SSSR count). The summed E-state index contributed by atoms with van der Waals surface area (Å²) >= 11 is 7.75. The van der Waals surface area contributed by atoms with Gasteiger partial charge < -0.3 is 15.5 Å². The fourth-order valence-corrected chi connectivity index (χ4v) is 2.80. The predicted molar refractivity (Wildman–Crippen MR) is 86.8 cm³/mol. The summed E-state index contributed by atoms with van der Waals surface area (Å²) in [7, 11) is 0. The molecule has 8 heteroatoms. The topological polar surface area (TPSA) is 89.9 Å². The van der Waals surface area contributed by atoms with E-state index in [0.29, 0.717) is 0 Å². The predicted octanol–water partition coefficient (Wildman–Crippen LogP) is 1.49. The van der Waals surface area contributed by atoms with E-state index >= 15 is 0 Å². The molecule has 1 saturated heterocycles. The number of carboxylic acids is 2. The molecule has 122 valence electrons. The van der Waals surface area contributed by atoms with E-state index in [2.05, 4.69) is 22.3 Å². The molecule has 0 atom stereocenters. The minimum Gasteiger partial charge on any atom is -0.473 e. The normalized spacial score (nSPS) is 14.8. The lowest BCUT2D eigenvalue weighted by Crippen LogP contribution is -2.44. The highest BCUT2D eigenvalue weighted by atomic mass is 35.5. The fraction of sp³-hybridized carbons (Fsp3) is 0.429. The number of benzene rings is 1. The second-order valence-corrected chi connectivity index (χ2v) is 6.11. The van der Waals surface area contributed by atoms with Crippen molar-refractivity contribution in [3.63, 3.8) is 0 Å². The van der Waals surface area contributed by atoms with Gasteiger partial charge in [0, 0.05) is 48.4 Å². The fourth-order valence-electron chi connectivity index (χ4n) is 1.76. The number of carboxylic acid groups (broad SMARTS) is 2. The highest BCUT2D eigenvalue weighted by Crippen LogP contribution is 2.20. The van der Waals surface area contributed by atoms with Gasteiger partial charge in [-0.05, 0) is 24.3 Å². The van der Waals surface area contributed by atoms with Gasteiger partial charge in [-0.2, -0.15) is 0 Å². The molecular weight excluding hydrogens is 328 g/mol. The number of thioether (sulfide) groups is 1. The SMILES string of the molecule is Clc1ccc(SCCN2CCNCC2)cc1.O=C(O)C(=O)O. The lowest BCUT2D eigenvalue weighted by Gasteiger charge is -2.26. The van der Waals surface area contributed by atoms with Crippen molar-refractivity contribution in [2.24, 2.45) is 0 Å². The van der Waals surface area contributed by atoms with E-state index in [9.17, 15) is 0 Å². The van der Waals surface area contributed by atoms with E-state index in [4.69, 9.17) is 31.4 Å². The van der Waals surface area contributed by atoms with E-state index in [0.717, 1.165) is 23.9 Å². The second kappa shape index (κ2) is 10.4. The Morgan fingerprint density at radius 1 is 1.14 bits per heavy atom. The average molecular weight is 347 g/mol. The summed E-state index contributed by atoms with van der Waals surface area (Å²) in [4.78, 5) is 22.0. The van der Waals surface area contributed by atoms with Gasteiger partial charge in [0.15, 0.2) is 0 Å². The highest BCUT2D eigenvalue weighted by Gasteiger charge is 2.08. The molecule has 0 amide bonds. The minimum absolute atomic E-state index is 0.812. The Kier molecular flexibility index (Phi) is 8.91. The quantitative estimate of drug-likeness (QED) is 0.562. The summed E-state index contributed by atoms with van der Waals surface area (Å²) in [6, 6.07) is 8.08. The Bertz CT molecular complexity index is 466. The number of aliphatic carboxylic acids is 2. The first-order valence-corrected chi connectivity index (χ1v) is 8.13. The van der Waals surface area contributed by atoms with E-state index in [-0.39, 0.29) is 0 Å². The largest absolute Gasteiger partial charge is 0.473 e. The second-order valence-electron chi connectivity index (χ2n) is 4.50. The third-order valence-corrected chi connectivity index (χ3v) is 4.13. The first-order chi connectivity index (χ1) is 10.5. The van der Waals surface area contributed by atoms with Crippen LogP contribution in [0.15, 0.2) is 29.2 Å². The van der Waals surface area contributed by atoms with Crippen molar-refractivity contribution in [2.75, 3.05) is 38.5 Å². The molecular formula is C14H19ClN2O4S. The summed E-state index contributed by atoms with van der Waals surface area (Å²) in [6.07, 6.45) is 0. The maximum Gasteiger partial charge on any atom is 0.414 e. The molecule has 3 N–H and O–H groups in total. The maximum atomic E-state index is 9.10. The smallest absolute Gasteiger partial charge is 0.414 e. The lowest BCUT2D eigenvalue weighted by atomic mass is 10.4. The van der Waals surface area contributed by atoms with Crippen molar-refractivity contribution in [1.29, 1.82) is 0 Å². The molecule has 0 aromatic heterocycles. The van der Waals surface area contributed by atoms with Crippen LogP contribution in [0.4, 0.5) is 0 Å². The van der Waals surface area contributed by atoms with E-state index in [1.165, 1.54) is 24.5 Å². The number of carbonyl (C=O) groups is 2. The molecule has 1 aliphatic heterocycles. The van der Waals surface area contributed by atoms with Gasteiger partial charge >= 0.3 is 11.9 Å². The van der Waals surface area contributed by atoms with Crippen LogP contribution in [0.3, 0.4) is 0 Å². The van der Waals surface area contributed by atoms with Crippen LogP contribution in [0, 0.1) is 0 Å². The van der Waals surface area contributed by atoms with Gasteiger partial charge in [0.1, 0.15) is 0 Å². The highest BCUT2D eigenvalue weighted by molar-refractivity contribution is 7.99. The molecule has 0 spiro atoms. The molecule has 0 unspecified atom stereocenters. The number of hydrogen-bond donors (Lipinski definition) is 3. The van der Waals surface area contributed by atoms with Crippen molar-refractivity contribution in [1.82, 2.24) is 10.2 Å². The zero-order valence-corrected chi connectivity index (χ0v) is 13.6. The van der Waals surface area contributed by atoms with Gasteiger partial charge in [0.25, 0.3) is 0 Å². The molecule has 1 aromatic rings. The molecule has 1 fully saturated rings. The van der Waals surface area contributed by atoms with Crippen molar-refractivity contribution in [2.45, 2.75) is 4.90 Å². The first kappa shape index (κ1) is 18.8. The van der Waals surface area contributed by atoms with Crippen LogP contribution < -0.4 is 5.32 Å². The minimum atomic E-state index is -1.82. The molecule has 1 heterocycles. The van der Waals surface area contributed by atoms with Crippen molar-refractivity contribution < 1.29 is 19.8 Å². The number of piperazine rings is 1. The summed E-state index contributed by atoms with van der Waals surface area (Å²) in [5, 5.41) is 19.0. The van der Waals surface area contributed by atoms with Gasteiger partial charge in [-0.3, -0.25) is 4.90 Å². The molecule has 0 saturated carbocycles. The van der Waals surface area contributed by atoms with E-state index in [1.807, 2.05) is 23.9 Å². The lowest BCUT2D eigenvalue weighted by molar-refractivity contribution is -0.159. The van der Waals surface area contributed by atoms with E-state index in [1.54, 1.807) is 0 Å². The van der Waals surface area contributed by atoms with Gasteiger partial charge in [0.2, 0.25) is 0 Å². The Morgan fingerprint density at radius 3 is 2.18 bits per heavy atom. The number of hydrogen-bond acceptors (Lipinski definition) is 5.